The Morgan fingerprint density at radius 2 is 2.05 bits per heavy atom. The van der Waals surface area contributed by atoms with Gasteiger partial charge in [-0.2, -0.15) is 0 Å². The monoisotopic (exact) mass is 275 g/mol. The van der Waals surface area contributed by atoms with Gasteiger partial charge in [0.25, 0.3) is 0 Å². The highest BCUT2D eigenvalue weighted by molar-refractivity contribution is 5.38. The lowest BCUT2D eigenvalue weighted by atomic mass is 9.89. The van der Waals surface area contributed by atoms with Crippen LogP contribution in [0.1, 0.15) is 57.6 Å². The van der Waals surface area contributed by atoms with E-state index in [4.69, 9.17) is 0 Å². The van der Waals surface area contributed by atoms with E-state index in [1.54, 1.807) is 0 Å². The van der Waals surface area contributed by atoms with Crippen LogP contribution in [0.4, 0.5) is 5.82 Å². The normalized spacial score (nSPS) is 17.9. The SMILES string of the molecule is CCNC(C)c1ccc(N(C)CC2CCCCC2)nc1. The van der Waals surface area contributed by atoms with Crippen molar-refractivity contribution < 1.29 is 0 Å². The Bertz CT molecular complexity index is 382. The predicted molar refractivity (Wildman–Crippen MR) is 86.2 cm³/mol. The van der Waals surface area contributed by atoms with Crippen molar-refractivity contribution in [2.45, 2.75) is 52.0 Å². The summed E-state index contributed by atoms with van der Waals surface area (Å²) >= 11 is 0. The topological polar surface area (TPSA) is 28.2 Å². The van der Waals surface area contributed by atoms with E-state index in [2.05, 4.69) is 48.2 Å². The first-order valence-electron chi connectivity index (χ1n) is 8.11. The number of pyridine rings is 1. The zero-order chi connectivity index (χ0) is 14.4. The predicted octanol–water partition coefficient (Wildman–Crippen LogP) is 3.77. The van der Waals surface area contributed by atoms with Gasteiger partial charge >= 0.3 is 0 Å². The molecule has 1 heterocycles. The van der Waals surface area contributed by atoms with Crippen molar-refractivity contribution in [2.75, 3.05) is 25.0 Å². The maximum absolute atomic E-state index is 4.63. The molecule has 1 saturated carbocycles. The van der Waals surface area contributed by atoms with Crippen molar-refractivity contribution >= 4 is 5.82 Å². The number of aromatic nitrogens is 1. The highest BCUT2D eigenvalue weighted by atomic mass is 15.2. The highest BCUT2D eigenvalue weighted by Crippen LogP contribution is 2.25. The number of hydrogen-bond donors (Lipinski definition) is 1. The molecule has 1 aromatic heterocycles. The van der Waals surface area contributed by atoms with E-state index in [0.29, 0.717) is 6.04 Å². The third kappa shape index (κ3) is 4.20. The zero-order valence-electron chi connectivity index (χ0n) is 13.2. The Labute approximate surface area is 123 Å². The van der Waals surface area contributed by atoms with E-state index < -0.39 is 0 Å². The van der Waals surface area contributed by atoms with Gasteiger partial charge in [0.05, 0.1) is 0 Å². The van der Waals surface area contributed by atoms with Crippen molar-refractivity contribution in [3.63, 3.8) is 0 Å². The fourth-order valence-corrected chi connectivity index (χ4v) is 3.15. The Kier molecular flexibility index (Phi) is 5.84. The van der Waals surface area contributed by atoms with E-state index in [9.17, 15) is 0 Å². The molecule has 0 spiro atoms. The Balaban J connectivity index is 1.91. The Morgan fingerprint density at radius 3 is 2.65 bits per heavy atom. The molecule has 2 rings (SSSR count). The minimum Gasteiger partial charge on any atom is -0.359 e. The summed E-state index contributed by atoms with van der Waals surface area (Å²) in [6, 6.07) is 4.74. The third-order valence-electron chi connectivity index (χ3n) is 4.43. The molecule has 1 aliphatic rings. The maximum atomic E-state index is 4.63. The first kappa shape index (κ1) is 15.3. The zero-order valence-corrected chi connectivity index (χ0v) is 13.2. The molecular formula is C17H29N3. The minimum absolute atomic E-state index is 0.380. The average Bonchev–Trinajstić information content (AvgIpc) is 2.48. The Morgan fingerprint density at radius 1 is 1.30 bits per heavy atom. The number of hydrogen-bond acceptors (Lipinski definition) is 3. The molecule has 112 valence electrons. The van der Waals surface area contributed by atoms with E-state index in [1.165, 1.54) is 37.7 Å². The molecule has 0 amide bonds. The number of anilines is 1. The summed E-state index contributed by atoms with van der Waals surface area (Å²) in [7, 11) is 2.17. The lowest BCUT2D eigenvalue weighted by Crippen LogP contribution is -2.27. The van der Waals surface area contributed by atoms with Crippen LogP contribution in [0.3, 0.4) is 0 Å². The summed E-state index contributed by atoms with van der Waals surface area (Å²) in [5, 5.41) is 3.42. The van der Waals surface area contributed by atoms with E-state index in [-0.39, 0.29) is 0 Å². The fourth-order valence-electron chi connectivity index (χ4n) is 3.15. The average molecular weight is 275 g/mol. The van der Waals surface area contributed by atoms with Crippen LogP contribution in [0, 0.1) is 5.92 Å². The van der Waals surface area contributed by atoms with Gasteiger partial charge in [-0.15, -0.1) is 0 Å². The van der Waals surface area contributed by atoms with Crippen LogP contribution in [0.5, 0.6) is 0 Å². The summed E-state index contributed by atoms with van der Waals surface area (Å²) in [4.78, 5) is 6.95. The molecule has 1 aliphatic carbocycles. The van der Waals surface area contributed by atoms with Crippen LogP contribution < -0.4 is 10.2 Å². The molecule has 0 aromatic carbocycles. The molecule has 3 heteroatoms. The van der Waals surface area contributed by atoms with Gasteiger partial charge in [0.1, 0.15) is 5.82 Å². The van der Waals surface area contributed by atoms with Crippen molar-refractivity contribution in [3.05, 3.63) is 23.9 Å². The summed E-state index contributed by atoms with van der Waals surface area (Å²) in [5.41, 5.74) is 1.27. The summed E-state index contributed by atoms with van der Waals surface area (Å²) in [6.45, 7) is 6.46. The molecule has 20 heavy (non-hydrogen) atoms. The summed E-state index contributed by atoms with van der Waals surface area (Å²) in [5.74, 6) is 1.96. The largest absolute Gasteiger partial charge is 0.359 e. The van der Waals surface area contributed by atoms with Crippen molar-refractivity contribution in [1.82, 2.24) is 10.3 Å². The number of nitrogens with zero attached hydrogens (tertiary/aromatic N) is 2. The molecule has 0 radical (unpaired) electrons. The third-order valence-corrected chi connectivity index (χ3v) is 4.43. The van der Waals surface area contributed by atoms with Crippen molar-refractivity contribution in [1.29, 1.82) is 0 Å². The van der Waals surface area contributed by atoms with Crippen LogP contribution in [0.25, 0.3) is 0 Å². The van der Waals surface area contributed by atoms with Gasteiger partial charge in [-0.25, -0.2) is 4.98 Å². The van der Waals surface area contributed by atoms with Crippen LogP contribution in [-0.4, -0.2) is 25.1 Å². The summed E-state index contributed by atoms with van der Waals surface area (Å²) in [6.07, 6.45) is 9.03. The first-order chi connectivity index (χ1) is 9.70. The second-order valence-electron chi connectivity index (χ2n) is 6.11. The minimum atomic E-state index is 0.380. The van der Waals surface area contributed by atoms with Gasteiger partial charge in [-0.3, -0.25) is 0 Å². The van der Waals surface area contributed by atoms with Gasteiger partial charge in [0, 0.05) is 25.8 Å². The van der Waals surface area contributed by atoms with E-state index >= 15 is 0 Å². The molecule has 1 fully saturated rings. The molecule has 1 N–H and O–H groups in total. The lowest BCUT2D eigenvalue weighted by molar-refractivity contribution is 0.361. The second kappa shape index (κ2) is 7.63. The quantitative estimate of drug-likeness (QED) is 0.856. The van der Waals surface area contributed by atoms with Gasteiger partial charge < -0.3 is 10.2 Å². The van der Waals surface area contributed by atoms with Gasteiger partial charge in [-0.1, -0.05) is 32.3 Å². The lowest BCUT2D eigenvalue weighted by Gasteiger charge is -2.27. The van der Waals surface area contributed by atoms with Crippen LogP contribution >= 0.6 is 0 Å². The van der Waals surface area contributed by atoms with Crippen LogP contribution in [-0.2, 0) is 0 Å². The maximum Gasteiger partial charge on any atom is 0.128 e. The van der Waals surface area contributed by atoms with E-state index in [0.717, 1.165) is 24.8 Å². The highest BCUT2D eigenvalue weighted by Gasteiger charge is 2.16. The molecule has 1 atom stereocenters. The molecule has 3 nitrogen and oxygen atoms in total. The molecule has 0 aliphatic heterocycles. The fraction of sp³-hybridized carbons (Fsp3) is 0.706. The molecule has 1 unspecified atom stereocenters. The smallest absolute Gasteiger partial charge is 0.128 e. The molecular weight excluding hydrogens is 246 g/mol. The number of rotatable bonds is 6. The van der Waals surface area contributed by atoms with Crippen LogP contribution in [0.2, 0.25) is 0 Å². The van der Waals surface area contributed by atoms with Crippen molar-refractivity contribution in [2.24, 2.45) is 5.92 Å². The van der Waals surface area contributed by atoms with Crippen LogP contribution in [0.15, 0.2) is 18.3 Å². The molecule has 0 bridgehead atoms. The van der Waals surface area contributed by atoms with Gasteiger partial charge in [0.2, 0.25) is 0 Å². The Hall–Kier alpha value is -1.09. The second-order valence-corrected chi connectivity index (χ2v) is 6.11. The standard InChI is InChI=1S/C17H29N3/c1-4-18-14(2)16-10-11-17(19-12-16)20(3)13-15-8-6-5-7-9-15/h10-12,14-15,18H,4-9,13H2,1-3H3. The van der Waals surface area contributed by atoms with Crippen molar-refractivity contribution in [3.8, 4) is 0 Å². The summed E-state index contributed by atoms with van der Waals surface area (Å²) < 4.78 is 0. The van der Waals surface area contributed by atoms with E-state index in [1.807, 2.05) is 6.20 Å². The first-order valence-corrected chi connectivity index (χ1v) is 8.11. The molecule has 0 saturated heterocycles. The molecule has 1 aromatic rings. The van der Waals surface area contributed by atoms with Gasteiger partial charge in [0.15, 0.2) is 0 Å². The number of nitrogens with one attached hydrogen (secondary N) is 1. The van der Waals surface area contributed by atoms with Gasteiger partial charge in [-0.05, 0) is 43.9 Å².